The molecule has 0 saturated carbocycles. The summed E-state index contributed by atoms with van der Waals surface area (Å²) in [6, 6.07) is 0. The molecule has 0 radical (unpaired) electrons. The van der Waals surface area contributed by atoms with Gasteiger partial charge in [0.15, 0.2) is 0 Å². The van der Waals surface area contributed by atoms with Crippen molar-refractivity contribution in [2.24, 2.45) is 7.05 Å². The van der Waals surface area contributed by atoms with E-state index < -0.39 is 24.0 Å². The molecule has 1 aromatic rings. The summed E-state index contributed by atoms with van der Waals surface area (Å²) in [4.78, 5) is 23.4. The Morgan fingerprint density at radius 3 is 2.58 bits per heavy atom. The van der Waals surface area contributed by atoms with E-state index in [0.29, 0.717) is 3.57 Å². The highest BCUT2D eigenvalue weighted by molar-refractivity contribution is 14.1. The molecule has 1 rings (SSSR count). The van der Waals surface area contributed by atoms with Crippen LogP contribution in [0, 0.1) is 3.57 Å². The summed E-state index contributed by atoms with van der Waals surface area (Å²) in [5.74, 6) is 0. The van der Waals surface area contributed by atoms with Crippen LogP contribution in [0.2, 0.25) is 0 Å². The number of alkyl halides is 3. The van der Waals surface area contributed by atoms with Crippen molar-refractivity contribution in [1.29, 1.82) is 0 Å². The third-order valence-electron chi connectivity index (χ3n) is 2.23. The SMILES string of the molecule is Cn1cc(I)c(=O)n(CCCOCC(F)(F)F)c1=O. The van der Waals surface area contributed by atoms with Crippen LogP contribution >= 0.6 is 22.6 Å². The molecule has 0 atom stereocenters. The molecule has 0 saturated heterocycles. The predicted octanol–water partition coefficient (Wildman–Crippen LogP) is 1.12. The summed E-state index contributed by atoms with van der Waals surface area (Å²) in [5.41, 5.74) is -0.944. The molecule has 0 amide bonds. The number of rotatable bonds is 5. The van der Waals surface area contributed by atoms with Gasteiger partial charge < -0.3 is 9.30 Å². The fourth-order valence-corrected chi connectivity index (χ4v) is 2.11. The maximum atomic E-state index is 11.8. The fourth-order valence-electron chi connectivity index (χ4n) is 1.40. The van der Waals surface area contributed by atoms with Gasteiger partial charge in [-0.3, -0.25) is 9.36 Å². The number of halogens is 4. The van der Waals surface area contributed by atoms with Crippen LogP contribution in [-0.4, -0.2) is 28.5 Å². The standard InChI is InChI=1S/C10H12F3IN2O3/c1-15-5-7(14)8(17)16(9(15)18)3-2-4-19-6-10(11,12)13/h5H,2-4,6H2,1H3. The number of hydrogen-bond acceptors (Lipinski definition) is 3. The molecule has 0 aliphatic rings. The molecule has 5 nitrogen and oxygen atoms in total. The maximum Gasteiger partial charge on any atom is 0.411 e. The van der Waals surface area contributed by atoms with Crippen LogP contribution < -0.4 is 11.2 Å². The zero-order chi connectivity index (χ0) is 14.6. The van der Waals surface area contributed by atoms with Crippen LogP contribution in [-0.2, 0) is 18.3 Å². The van der Waals surface area contributed by atoms with Gasteiger partial charge in [0.25, 0.3) is 5.56 Å². The molecule has 19 heavy (non-hydrogen) atoms. The summed E-state index contributed by atoms with van der Waals surface area (Å²) in [6.07, 6.45) is -2.80. The van der Waals surface area contributed by atoms with Gasteiger partial charge in [-0.15, -0.1) is 0 Å². The lowest BCUT2D eigenvalue weighted by atomic mass is 10.4. The van der Waals surface area contributed by atoms with Crippen LogP contribution in [0.5, 0.6) is 0 Å². The minimum Gasteiger partial charge on any atom is -0.372 e. The Kier molecular flexibility index (Phi) is 5.59. The Morgan fingerprint density at radius 1 is 1.37 bits per heavy atom. The van der Waals surface area contributed by atoms with Crippen molar-refractivity contribution in [2.45, 2.75) is 19.1 Å². The van der Waals surface area contributed by atoms with E-state index >= 15 is 0 Å². The van der Waals surface area contributed by atoms with Crippen molar-refractivity contribution in [3.63, 3.8) is 0 Å². The highest BCUT2D eigenvalue weighted by atomic mass is 127. The molecule has 1 heterocycles. The first kappa shape index (κ1) is 16.2. The molecule has 108 valence electrons. The second-order valence-electron chi connectivity index (χ2n) is 3.85. The molecule has 0 aliphatic carbocycles. The maximum absolute atomic E-state index is 11.8. The number of ether oxygens (including phenoxy) is 1. The van der Waals surface area contributed by atoms with E-state index in [0.717, 1.165) is 4.57 Å². The quantitative estimate of drug-likeness (QED) is 0.558. The van der Waals surface area contributed by atoms with Crippen LogP contribution in [0.4, 0.5) is 13.2 Å². The van der Waals surface area contributed by atoms with E-state index in [2.05, 4.69) is 4.74 Å². The van der Waals surface area contributed by atoms with E-state index in [4.69, 9.17) is 0 Å². The van der Waals surface area contributed by atoms with Gasteiger partial charge in [0.05, 0.1) is 3.57 Å². The smallest absolute Gasteiger partial charge is 0.372 e. The van der Waals surface area contributed by atoms with E-state index in [1.165, 1.54) is 17.8 Å². The summed E-state index contributed by atoms with van der Waals surface area (Å²) >= 11 is 1.80. The van der Waals surface area contributed by atoms with Gasteiger partial charge in [-0.2, -0.15) is 13.2 Å². The second kappa shape index (κ2) is 6.55. The van der Waals surface area contributed by atoms with Crippen LogP contribution in [0.25, 0.3) is 0 Å². The first-order valence-electron chi connectivity index (χ1n) is 5.33. The van der Waals surface area contributed by atoms with Crippen molar-refractivity contribution in [1.82, 2.24) is 9.13 Å². The summed E-state index contributed by atoms with van der Waals surface area (Å²) in [6.45, 7) is -1.47. The lowest BCUT2D eigenvalue weighted by Gasteiger charge is -2.09. The van der Waals surface area contributed by atoms with Gasteiger partial charge in [-0.25, -0.2) is 4.79 Å². The molecule has 0 N–H and O–H groups in total. The molecule has 0 unspecified atom stereocenters. The van der Waals surface area contributed by atoms with Crippen LogP contribution in [0.15, 0.2) is 15.8 Å². The largest absolute Gasteiger partial charge is 0.411 e. The predicted molar refractivity (Wildman–Crippen MR) is 70.2 cm³/mol. The van der Waals surface area contributed by atoms with Gasteiger partial charge in [0.1, 0.15) is 6.61 Å². The molecule has 0 bridgehead atoms. The molecule has 1 aromatic heterocycles. The van der Waals surface area contributed by atoms with Crippen molar-refractivity contribution >= 4 is 22.6 Å². The average molecular weight is 392 g/mol. The van der Waals surface area contributed by atoms with E-state index in [1.807, 2.05) is 0 Å². The molecule has 0 spiro atoms. The van der Waals surface area contributed by atoms with Gasteiger partial charge in [0, 0.05) is 26.4 Å². The zero-order valence-corrected chi connectivity index (χ0v) is 12.2. The topological polar surface area (TPSA) is 53.2 Å². The van der Waals surface area contributed by atoms with E-state index in [-0.39, 0.29) is 19.6 Å². The highest BCUT2D eigenvalue weighted by Gasteiger charge is 2.27. The van der Waals surface area contributed by atoms with E-state index in [9.17, 15) is 22.8 Å². The van der Waals surface area contributed by atoms with Gasteiger partial charge >= 0.3 is 11.9 Å². The van der Waals surface area contributed by atoms with Gasteiger partial charge in [0.2, 0.25) is 0 Å². The first-order chi connectivity index (χ1) is 8.72. The summed E-state index contributed by atoms with van der Waals surface area (Å²) in [5, 5.41) is 0. The number of aromatic nitrogens is 2. The summed E-state index contributed by atoms with van der Waals surface area (Å²) < 4.78 is 42.4. The van der Waals surface area contributed by atoms with Gasteiger partial charge in [-0.1, -0.05) is 0 Å². The third kappa shape index (κ3) is 4.97. The number of nitrogens with zero attached hydrogens (tertiary/aromatic N) is 2. The highest BCUT2D eigenvalue weighted by Crippen LogP contribution is 2.14. The normalized spacial score (nSPS) is 11.8. The molecular weight excluding hydrogens is 380 g/mol. The zero-order valence-electron chi connectivity index (χ0n) is 10.0. The van der Waals surface area contributed by atoms with Crippen molar-refractivity contribution in [2.75, 3.05) is 13.2 Å². The Morgan fingerprint density at radius 2 is 2.00 bits per heavy atom. The first-order valence-corrected chi connectivity index (χ1v) is 6.40. The van der Waals surface area contributed by atoms with Crippen LogP contribution in [0.3, 0.4) is 0 Å². The molecule has 0 aliphatic heterocycles. The van der Waals surface area contributed by atoms with Crippen molar-refractivity contribution in [3.8, 4) is 0 Å². The second-order valence-corrected chi connectivity index (χ2v) is 5.01. The lowest BCUT2D eigenvalue weighted by molar-refractivity contribution is -0.174. The minimum absolute atomic E-state index is 0.0280. The van der Waals surface area contributed by atoms with E-state index in [1.54, 1.807) is 22.6 Å². The molecular formula is C10H12F3IN2O3. The Labute approximate surface area is 120 Å². The molecule has 0 fully saturated rings. The lowest BCUT2D eigenvalue weighted by Crippen LogP contribution is -2.40. The Hall–Kier alpha value is -0.840. The van der Waals surface area contributed by atoms with Crippen LogP contribution in [0.1, 0.15) is 6.42 Å². The van der Waals surface area contributed by atoms with Crippen molar-refractivity contribution < 1.29 is 17.9 Å². The summed E-state index contributed by atoms with van der Waals surface area (Å²) in [7, 11) is 1.50. The van der Waals surface area contributed by atoms with Gasteiger partial charge in [-0.05, 0) is 29.0 Å². The minimum atomic E-state index is -4.37. The number of hydrogen-bond donors (Lipinski definition) is 0. The van der Waals surface area contributed by atoms with Crippen molar-refractivity contribution in [3.05, 3.63) is 30.6 Å². The molecule has 0 aromatic carbocycles. The number of aryl methyl sites for hydroxylation is 1. The third-order valence-corrected chi connectivity index (χ3v) is 2.97. The Balaban J connectivity index is 2.60. The molecule has 9 heteroatoms. The monoisotopic (exact) mass is 392 g/mol. The fraction of sp³-hybridized carbons (Fsp3) is 0.600. The Bertz CT molecular complexity index is 516. The average Bonchev–Trinajstić information content (AvgIpc) is 2.29.